The number of barbiturate groups is 1. The van der Waals surface area contributed by atoms with E-state index in [0.29, 0.717) is 22.9 Å². The second kappa shape index (κ2) is 7.91. The van der Waals surface area contributed by atoms with Crippen molar-refractivity contribution in [2.75, 3.05) is 19.1 Å². The number of imide groups is 2. The minimum absolute atomic E-state index is 0.382. The Bertz CT molecular complexity index is 970. The summed E-state index contributed by atoms with van der Waals surface area (Å²) in [5.74, 6) is -1.67. The minimum Gasteiger partial charge on any atom is -0.497 e. The Kier molecular flexibility index (Phi) is 5.39. The van der Waals surface area contributed by atoms with Gasteiger partial charge in [-0.1, -0.05) is 12.1 Å². The number of ether oxygens (including phenoxy) is 2. The van der Waals surface area contributed by atoms with E-state index in [0.717, 1.165) is 10.5 Å². The second-order valence-electron chi connectivity index (χ2n) is 6.10. The molecule has 0 unspecified atom stereocenters. The van der Waals surface area contributed by atoms with Gasteiger partial charge in [-0.15, -0.1) is 0 Å². The Morgan fingerprint density at radius 1 is 1.07 bits per heavy atom. The summed E-state index contributed by atoms with van der Waals surface area (Å²) in [6.45, 7) is 1.84. The van der Waals surface area contributed by atoms with Crippen LogP contribution in [0.1, 0.15) is 5.56 Å². The van der Waals surface area contributed by atoms with Crippen molar-refractivity contribution in [3.63, 3.8) is 0 Å². The summed E-state index contributed by atoms with van der Waals surface area (Å²) in [6.07, 6.45) is 1.20. The van der Waals surface area contributed by atoms with E-state index >= 15 is 0 Å². The highest BCUT2D eigenvalue weighted by Crippen LogP contribution is 2.31. The number of aliphatic imine (C=N–C) groups is 1. The molecule has 1 heterocycles. The molecule has 0 aromatic heterocycles. The van der Waals surface area contributed by atoms with Crippen LogP contribution in [0, 0.1) is 12.8 Å². The van der Waals surface area contributed by atoms with Crippen LogP contribution >= 0.6 is 0 Å². The Balaban J connectivity index is 1.93. The van der Waals surface area contributed by atoms with Gasteiger partial charge in [0.25, 0.3) is 5.91 Å². The summed E-state index contributed by atoms with van der Waals surface area (Å²) >= 11 is 0. The first-order chi connectivity index (χ1) is 13.4. The van der Waals surface area contributed by atoms with Crippen LogP contribution in [0.4, 0.5) is 16.2 Å². The molecule has 28 heavy (non-hydrogen) atoms. The van der Waals surface area contributed by atoms with Crippen LogP contribution in [0.5, 0.6) is 11.5 Å². The van der Waals surface area contributed by atoms with Crippen LogP contribution in [0.3, 0.4) is 0 Å². The van der Waals surface area contributed by atoms with E-state index in [1.54, 1.807) is 36.4 Å². The average Bonchev–Trinajstić information content (AvgIpc) is 2.67. The number of amides is 4. The highest BCUT2D eigenvalue weighted by molar-refractivity contribution is 6.32. The van der Waals surface area contributed by atoms with Gasteiger partial charge in [-0.2, -0.15) is 0 Å². The van der Waals surface area contributed by atoms with E-state index in [1.807, 2.05) is 13.0 Å². The molecule has 1 aliphatic rings. The van der Waals surface area contributed by atoms with Crippen LogP contribution in [-0.4, -0.2) is 38.3 Å². The lowest BCUT2D eigenvalue weighted by Crippen LogP contribution is -2.58. The van der Waals surface area contributed by atoms with Crippen molar-refractivity contribution in [2.45, 2.75) is 6.92 Å². The molecule has 1 aliphatic heterocycles. The number of anilines is 1. The predicted octanol–water partition coefficient (Wildman–Crippen LogP) is 2.61. The normalized spacial score (nSPS) is 17.0. The van der Waals surface area contributed by atoms with Crippen LogP contribution in [0.2, 0.25) is 0 Å². The van der Waals surface area contributed by atoms with Gasteiger partial charge in [-0.3, -0.25) is 19.9 Å². The largest absolute Gasteiger partial charge is 0.497 e. The minimum atomic E-state index is -1.26. The molecule has 1 N–H and O–H groups in total. The van der Waals surface area contributed by atoms with Gasteiger partial charge in [0.05, 0.1) is 19.9 Å². The SMILES string of the molecule is COc1ccc(OC)c(N=C[C@H]2C(=O)NC(=O)N(c3cccc(C)c3)C2=O)c1. The number of carbonyl (C=O) groups excluding carboxylic acids is 3. The number of benzene rings is 2. The summed E-state index contributed by atoms with van der Waals surface area (Å²) in [7, 11) is 3.00. The van der Waals surface area contributed by atoms with E-state index in [2.05, 4.69) is 10.3 Å². The molecular weight excluding hydrogens is 362 g/mol. The Morgan fingerprint density at radius 2 is 1.86 bits per heavy atom. The van der Waals surface area contributed by atoms with E-state index in [9.17, 15) is 14.4 Å². The van der Waals surface area contributed by atoms with Crippen LogP contribution < -0.4 is 19.7 Å². The number of rotatable bonds is 5. The number of carbonyl (C=O) groups is 3. The van der Waals surface area contributed by atoms with Crippen molar-refractivity contribution in [1.29, 1.82) is 0 Å². The van der Waals surface area contributed by atoms with Crippen molar-refractivity contribution < 1.29 is 23.9 Å². The highest BCUT2D eigenvalue weighted by Gasteiger charge is 2.40. The molecule has 3 rings (SSSR count). The van der Waals surface area contributed by atoms with Gasteiger partial charge in [0.2, 0.25) is 5.91 Å². The zero-order valence-electron chi connectivity index (χ0n) is 15.6. The molecule has 0 aliphatic carbocycles. The summed E-state index contributed by atoms with van der Waals surface area (Å²) in [4.78, 5) is 42.5. The maximum Gasteiger partial charge on any atom is 0.335 e. The standard InChI is InChI=1S/C20H19N3O5/c1-12-5-4-6-13(9-12)23-19(25)15(18(24)22-20(23)26)11-21-16-10-14(27-2)7-8-17(16)28-3/h4-11,15H,1-3H3,(H,22,24,26)/t15-/m0/s1. The van der Waals surface area contributed by atoms with Gasteiger partial charge in [0.1, 0.15) is 17.2 Å². The fourth-order valence-electron chi connectivity index (χ4n) is 2.79. The number of urea groups is 1. The number of aryl methyl sites for hydroxylation is 1. The maximum atomic E-state index is 12.9. The molecule has 1 fully saturated rings. The number of hydrogen-bond donors (Lipinski definition) is 1. The molecule has 1 atom stereocenters. The molecule has 2 aromatic rings. The maximum absolute atomic E-state index is 12.9. The first kappa shape index (κ1) is 19.1. The number of nitrogens with zero attached hydrogens (tertiary/aromatic N) is 2. The Hall–Kier alpha value is -3.68. The molecule has 2 aromatic carbocycles. The summed E-state index contributed by atoms with van der Waals surface area (Å²) < 4.78 is 10.4. The Labute approximate surface area is 161 Å². The molecule has 1 saturated heterocycles. The van der Waals surface area contributed by atoms with Crippen LogP contribution in [0.15, 0.2) is 47.5 Å². The third-order valence-electron chi connectivity index (χ3n) is 4.21. The zero-order valence-corrected chi connectivity index (χ0v) is 15.6. The van der Waals surface area contributed by atoms with Crippen molar-refractivity contribution in [3.05, 3.63) is 48.0 Å². The predicted molar refractivity (Wildman–Crippen MR) is 103 cm³/mol. The van der Waals surface area contributed by atoms with Gasteiger partial charge in [-0.25, -0.2) is 9.69 Å². The first-order valence-corrected chi connectivity index (χ1v) is 8.46. The van der Waals surface area contributed by atoms with E-state index in [1.165, 1.54) is 20.4 Å². The van der Waals surface area contributed by atoms with Gasteiger partial charge in [-0.05, 0) is 36.8 Å². The van der Waals surface area contributed by atoms with Gasteiger partial charge < -0.3 is 9.47 Å². The van der Waals surface area contributed by atoms with E-state index < -0.39 is 23.8 Å². The lowest BCUT2D eigenvalue weighted by molar-refractivity contribution is -0.131. The van der Waals surface area contributed by atoms with Gasteiger partial charge in [0, 0.05) is 12.3 Å². The summed E-state index contributed by atoms with van der Waals surface area (Å²) in [5.41, 5.74) is 1.65. The molecule has 8 heteroatoms. The van der Waals surface area contributed by atoms with E-state index in [4.69, 9.17) is 9.47 Å². The fourth-order valence-corrected chi connectivity index (χ4v) is 2.79. The molecule has 4 amide bonds. The summed E-state index contributed by atoms with van der Waals surface area (Å²) in [6, 6.07) is 11.1. The van der Waals surface area contributed by atoms with Crippen molar-refractivity contribution >= 4 is 35.4 Å². The summed E-state index contributed by atoms with van der Waals surface area (Å²) in [5, 5.41) is 2.20. The van der Waals surface area contributed by atoms with Crippen LogP contribution in [-0.2, 0) is 9.59 Å². The average molecular weight is 381 g/mol. The molecule has 144 valence electrons. The number of nitrogens with one attached hydrogen (secondary N) is 1. The van der Waals surface area contributed by atoms with Gasteiger partial charge in [0.15, 0.2) is 5.92 Å². The number of methoxy groups -OCH3 is 2. The molecule has 0 saturated carbocycles. The van der Waals surface area contributed by atoms with Crippen molar-refractivity contribution in [1.82, 2.24) is 5.32 Å². The highest BCUT2D eigenvalue weighted by atomic mass is 16.5. The lowest BCUT2D eigenvalue weighted by atomic mass is 10.1. The molecular formula is C20H19N3O5. The fraction of sp³-hybridized carbons (Fsp3) is 0.200. The monoisotopic (exact) mass is 381 g/mol. The third-order valence-corrected chi connectivity index (χ3v) is 4.21. The molecule has 8 nitrogen and oxygen atoms in total. The Morgan fingerprint density at radius 3 is 2.54 bits per heavy atom. The van der Waals surface area contributed by atoms with Crippen molar-refractivity contribution in [3.8, 4) is 11.5 Å². The van der Waals surface area contributed by atoms with E-state index in [-0.39, 0.29) is 0 Å². The first-order valence-electron chi connectivity index (χ1n) is 8.46. The lowest BCUT2D eigenvalue weighted by Gasteiger charge is -2.28. The molecule has 0 radical (unpaired) electrons. The third kappa shape index (κ3) is 3.71. The second-order valence-corrected chi connectivity index (χ2v) is 6.10. The van der Waals surface area contributed by atoms with Gasteiger partial charge >= 0.3 is 6.03 Å². The quantitative estimate of drug-likeness (QED) is 0.634. The smallest absolute Gasteiger partial charge is 0.335 e. The van der Waals surface area contributed by atoms with Crippen LogP contribution in [0.25, 0.3) is 0 Å². The van der Waals surface area contributed by atoms with Crippen molar-refractivity contribution in [2.24, 2.45) is 10.9 Å². The number of hydrogen-bond acceptors (Lipinski definition) is 6. The zero-order chi connectivity index (χ0) is 20.3. The topological polar surface area (TPSA) is 97.3 Å². The molecule has 0 spiro atoms. The molecule has 0 bridgehead atoms.